The van der Waals surface area contributed by atoms with Gasteiger partial charge in [-0.1, -0.05) is 36.6 Å². The fourth-order valence-electron chi connectivity index (χ4n) is 5.98. The van der Waals surface area contributed by atoms with Crippen LogP contribution < -0.4 is 19.5 Å². The number of ether oxygens (including phenoxy) is 4. The summed E-state index contributed by atoms with van der Waals surface area (Å²) in [6, 6.07) is 9.98. The van der Waals surface area contributed by atoms with Crippen LogP contribution in [0.3, 0.4) is 0 Å². The first-order valence-electron chi connectivity index (χ1n) is 14.3. The van der Waals surface area contributed by atoms with Crippen molar-refractivity contribution in [2.75, 3.05) is 34.5 Å². The highest BCUT2D eigenvalue weighted by atomic mass is 16.5. The van der Waals surface area contributed by atoms with Crippen molar-refractivity contribution < 1.29 is 28.5 Å². The summed E-state index contributed by atoms with van der Waals surface area (Å²) in [5.74, 6) is 0.756. The standard InChI is InChI=1S/C30H39N5O6/c1-38-25-16-20(17-26(39-2)29(25)40-3)28(30(37)31-18-22-12-9-15-41-22)35(21-10-5-4-6-11-21)27(36)19-34-24-14-8-7-13-23(24)32-33-34/h7-8,13-14,16-17,21-22,28H,4-6,9-12,15,18-19H2,1-3H3,(H,31,37)/t22-,28+/m1/s1. The van der Waals surface area contributed by atoms with E-state index in [0.29, 0.717) is 41.5 Å². The van der Waals surface area contributed by atoms with Gasteiger partial charge in [0, 0.05) is 19.2 Å². The maximum atomic E-state index is 14.3. The molecule has 1 saturated carbocycles. The quantitative estimate of drug-likeness (QED) is 0.375. The molecule has 2 amide bonds. The van der Waals surface area contributed by atoms with Gasteiger partial charge in [0.2, 0.25) is 17.6 Å². The normalized spacial score (nSPS) is 18.2. The van der Waals surface area contributed by atoms with Crippen molar-refractivity contribution in [1.29, 1.82) is 0 Å². The van der Waals surface area contributed by atoms with Crippen LogP contribution in [0.2, 0.25) is 0 Å². The van der Waals surface area contributed by atoms with Gasteiger partial charge in [0.15, 0.2) is 11.5 Å². The number of hydrogen-bond donors (Lipinski definition) is 1. The number of benzene rings is 2. The van der Waals surface area contributed by atoms with E-state index in [4.69, 9.17) is 18.9 Å². The molecular weight excluding hydrogens is 526 g/mol. The molecule has 220 valence electrons. The van der Waals surface area contributed by atoms with Crippen molar-refractivity contribution in [1.82, 2.24) is 25.2 Å². The third-order valence-electron chi connectivity index (χ3n) is 8.02. The Morgan fingerprint density at radius 3 is 2.41 bits per heavy atom. The van der Waals surface area contributed by atoms with E-state index in [1.165, 1.54) is 21.3 Å². The Hall–Kier alpha value is -3.86. The van der Waals surface area contributed by atoms with E-state index in [1.807, 2.05) is 24.3 Å². The molecule has 2 atom stereocenters. The van der Waals surface area contributed by atoms with Crippen LogP contribution in [0.25, 0.3) is 11.0 Å². The van der Waals surface area contributed by atoms with Gasteiger partial charge in [-0.3, -0.25) is 9.59 Å². The van der Waals surface area contributed by atoms with E-state index in [2.05, 4.69) is 15.6 Å². The Morgan fingerprint density at radius 2 is 1.76 bits per heavy atom. The minimum Gasteiger partial charge on any atom is -0.493 e. The topological polar surface area (TPSA) is 117 Å². The molecule has 0 spiro atoms. The largest absolute Gasteiger partial charge is 0.493 e. The summed E-state index contributed by atoms with van der Waals surface area (Å²) >= 11 is 0. The molecule has 0 unspecified atom stereocenters. The van der Waals surface area contributed by atoms with Crippen molar-refractivity contribution in [2.45, 2.75) is 69.7 Å². The van der Waals surface area contributed by atoms with Crippen LogP contribution in [-0.2, 0) is 20.9 Å². The molecule has 11 nitrogen and oxygen atoms in total. The second kappa shape index (κ2) is 13.2. The molecule has 2 aliphatic rings. The second-order valence-electron chi connectivity index (χ2n) is 10.6. The maximum Gasteiger partial charge on any atom is 0.247 e. The first-order valence-corrected chi connectivity index (χ1v) is 14.3. The molecule has 1 aromatic heterocycles. The Labute approximate surface area is 240 Å². The maximum absolute atomic E-state index is 14.3. The van der Waals surface area contributed by atoms with E-state index in [9.17, 15) is 9.59 Å². The summed E-state index contributed by atoms with van der Waals surface area (Å²) in [7, 11) is 4.60. The van der Waals surface area contributed by atoms with Crippen molar-refractivity contribution in [2.24, 2.45) is 0 Å². The summed E-state index contributed by atoms with van der Waals surface area (Å²) in [5, 5.41) is 11.6. The number of amides is 2. The molecule has 1 saturated heterocycles. The van der Waals surface area contributed by atoms with Gasteiger partial charge < -0.3 is 29.2 Å². The number of carbonyl (C=O) groups excluding carboxylic acids is 2. The molecule has 41 heavy (non-hydrogen) atoms. The average Bonchev–Trinajstić information content (AvgIpc) is 3.68. The van der Waals surface area contributed by atoms with Gasteiger partial charge >= 0.3 is 0 Å². The van der Waals surface area contributed by atoms with Crippen LogP contribution in [0.4, 0.5) is 0 Å². The molecule has 0 radical (unpaired) electrons. The van der Waals surface area contributed by atoms with E-state index in [0.717, 1.165) is 50.5 Å². The smallest absolute Gasteiger partial charge is 0.247 e. The van der Waals surface area contributed by atoms with E-state index in [1.54, 1.807) is 21.7 Å². The number of nitrogens with one attached hydrogen (secondary N) is 1. The fraction of sp³-hybridized carbons (Fsp3) is 0.533. The monoisotopic (exact) mass is 565 g/mol. The van der Waals surface area contributed by atoms with Gasteiger partial charge in [-0.15, -0.1) is 5.10 Å². The molecule has 1 aliphatic heterocycles. The van der Waals surface area contributed by atoms with E-state index in [-0.39, 0.29) is 30.5 Å². The zero-order valence-corrected chi connectivity index (χ0v) is 24.0. The Kier molecular flexibility index (Phi) is 9.23. The van der Waals surface area contributed by atoms with Gasteiger partial charge in [0.1, 0.15) is 18.1 Å². The molecule has 1 N–H and O–H groups in total. The third kappa shape index (κ3) is 6.24. The second-order valence-corrected chi connectivity index (χ2v) is 10.6. The van der Waals surface area contributed by atoms with Gasteiger partial charge in [-0.25, -0.2) is 4.68 Å². The first-order chi connectivity index (χ1) is 20.0. The Morgan fingerprint density at radius 1 is 1.02 bits per heavy atom. The third-order valence-corrected chi connectivity index (χ3v) is 8.02. The van der Waals surface area contributed by atoms with E-state index < -0.39 is 6.04 Å². The van der Waals surface area contributed by atoms with E-state index >= 15 is 0 Å². The van der Waals surface area contributed by atoms with Crippen LogP contribution in [-0.4, -0.2) is 78.3 Å². The predicted octanol–water partition coefficient (Wildman–Crippen LogP) is 3.65. The average molecular weight is 566 g/mol. The molecule has 11 heteroatoms. The highest BCUT2D eigenvalue weighted by molar-refractivity contribution is 5.90. The Bertz CT molecular complexity index is 1320. The number of para-hydroxylation sites is 1. The number of fused-ring (bicyclic) bond motifs is 1. The van der Waals surface area contributed by atoms with Crippen LogP contribution in [0.5, 0.6) is 17.2 Å². The molecular formula is C30H39N5O6. The molecule has 5 rings (SSSR count). The highest BCUT2D eigenvalue weighted by Crippen LogP contribution is 2.42. The SMILES string of the molecule is COc1cc([C@@H](C(=O)NC[C@H]2CCCO2)N(C(=O)Cn2nnc3ccccc32)C2CCCCC2)cc(OC)c1OC. The van der Waals surface area contributed by atoms with Gasteiger partial charge in [-0.2, -0.15) is 0 Å². The Balaban J connectivity index is 1.56. The molecule has 1 aliphatic carbocycles. The minimum atomic E-state index is -0.935. The predicted molar refractivity (Wildman–Crippen MR) is 152 cm³/mol. The van der Waals surface area contributed by atoms with Crippen molar-refractivity contribution in [3.63, 3.8) is 0 Å². The van der Waals surface area contributed by atoms with Crippen LogP contribution in [0.1, 0.15) is 56.6 Å². The zero-order valence-electron chi connectivity index (χ0n) is 24.0. The van der Waals surface area contributed by atoms with Gasteiger partial charge in [-0.05, 0) is 55.5 Å². The summed E-state index contributed by atoms with van der Waals surface area (Å²) in [5.41, 5.74) is 2.04. The summed E-state index contributed by atoms with van der Waals surface area (Å²) in [4.78, 5) is 30.2. The van der Waals surface area contributed by atoms with Crippen molar-refractivity contribution in [3.05, 3.63) is 42.0 Å². The summed E-state index contributed by atoms with van der Waals surface area (Å²) in [6.07, 6.45) is 6.51. The highest BCUT2D eigenvalue weighted by Gasteiger charge is 2.38. The molecule has 2 aromatic carbocycles. The number of nitrogens with zero attached hydrogens (tertiary/aromatic N) is 4. The number of carbonyl (C=O) groups is 2. The van der Waals surface area contributed by atoms with Gasteiger partial charge in [0.25, 0.3) is 0 Å². The lowest BCUT2D eigenvalue weighted by atomic mass is 9.91. The summed E-state index contributed by atoms with van der Waals surface area (Å²) < 4.78 is 24.2. The van der Waals surface area contributed by atoms with Crippen molar-refractivity contribution >= 4 is 22.8 Å². The molecule has 2 heterocycles. The number of hydrogen-bond acceptors (Lipinski definition) is 8. The molecule has 0 bridgehead atoms. The first kappa shape index (κ1) is 28.7. The lowest BCUT2D eigenvalue weighted by molar-refractivity contribution is -0.145. The van der Waals surface area contributed by atoms with Gasteiger partial charge in [0.05, 0.1) is 33.0 Å². The summed E-state index contributed by atoms with van der Waals surface area (Å²) in [6.45, 7) is 1.02. The van der Waals surface area contributed by atoms with Crippen LogP contribution in [0, 0.1) is 0 Å². The minimum absolute atomic E-state index is 0.0418. The molecule has 2 fully saturated rings. The molecule has 3 aromatic rings. The van der Waals surface area contributed by atoms with Crippen LogP contribution in [0.15, 0.2) is 36.4 Å². The number of methoxy groups -OCH3 is 3. The lowest BCUT2D eigenvalue weighted by Crippen LogP contribution is -2.51. The lowest BCUT2D eigenvalue weighted by Gasteiger charge is -2.40. The van der Waals surface area contributed by atoms with Crippen LogP contribution >= 0.6 is 0 Å². The number of aromatic nitrogens is 3. The zero-order chi connectivity index (χ0) is 28.8. The van der Waals surface area contributed by atoms with Crippen molar-refractivity contribution in [3.8, 4) is 17.2 Å². The fourth-order valence-corrected chi connectivity index (χ4v) is 5.98. The number of rotatable bonds is 11.